The molecule has 0 spiro atoms. The standard InChI is InChI=1S/C8H9O2/c1-10-8-4-2-3-7(5-8)6-9/h2-5H,6H2,1H3/q-1. The Morgan fingerprint density at radius 2 is 2.30 bits per heavy atom. The van der Waals surface area contributed by atoms with Gasteiger partial charge < -0.3 is 9.84 Å². The van der Waals surface area contributed by atoms with Gasteiger partial charge in [0.15, 0.2) is 0 Å². The van der Waals surface area contributed by atoms with E-state index in [-0.39, 0.29) is 6.61 Å². The second-order valence-electron chi connectivity index (χ2n) is 2.00. The highest BCUT2D eigenvalue weighted by Gasteiger charge is 1.88. The second kappa shape index (κ2) is 3.22. The maximum absolute atomic E-state index is 10.3. The topological polar surface area (TPSA) is 32.3 Å². The van der Waals surface area contributed by atoms with Crippen molar-refractivity contribution >= 4 is 0 Å². The van der Waals surface area contributed by atoms with Crippen molar-refractivity contribution < 1.29 is 9.84 Å². The number of benzene rings is 1. The van der Waals surface area contributed by atoms with E-state index >= 15 is 0 Å². The Bertz CT molecular complexity index is 189. The highest BCUT2D eigenvalue weighted by Crippen LogP contribution is 2.11. The van der Waals surface area contributed by atoms with E-state index in [1.165, 1.54) is 0 Å². The third kappa shape index (κ3) is 1.48. The molecule has 0 N–H and O–H groups in total. The molecule has 0 aliphatic rings. The molecule has 0 bridgehead atoms. The van der Waals surface area contributed by atoms with Gasteiger partial charge in [-0.2, -0.15) is 0 Å². The van der Waals surface area contributed by atoms with Crippen molar-refractivity contribution in [2.75, 3.05) is 7.11 Å². The van der Waals surface area contributed by atoms with Crippen LogP contribution in [0.3, 0.4) is 0 Å². The predicted octanol–water partition coefficient (Wildman–Crippen LogP) is 0.555. The van der Waals surface area contributed by atoms with E-state index in [1.807, 2.05) is 12.1 Å². The fraction of sp³-hybridized carbons (Fsp3) is 0.250. The Balaban J connectivity index is 2.87. The molecule has 1 aromatic rings. The summed E-state index contributed by atoms with van der Waals surface area (Å²) >= 11 is 0. The summed E-state index contributed by atoms with van der Waals surface area (Å²) in [6.45, 7) is -0.183. The summed E-state index contributed by atoms with van der Waals surface area (Å²) < 4.78 is 4.92. The quantitative estimate of drug-likeness (QED) is 0.596. The van der Waals surface area contributed by atoms with Crippen molar-refractivity contribution in [3.05, 3.63) is 29.8 Å². The van der Waals surface area contributed by atoms with Gasteiger partial charge in [-0.05, 0) is 12.1 Å². The first-order chi connectivity index (χ1) is 4.86. The van der Waals surface area contributed by atoms with Gasteiger partial charge in [0.1, 0.15) is 5.75 Å². The Kier molecular flexibility index (Phi) is 2.29. The molecule has 0 aliphatic heterocycles. The van der Waals surface area contributed by atoms with Crippen LogP contribution in [0, 0.1) is 0 Å². The third-order valence-corrected chi connectivity index (χ3v) is 1.30. The van der Waals surface area contributed by atoms with Crippen molar-refractivity contribution in [2.24, 2.45) is 0 Å². The summed E-state index contributed by atoms with van der Waals surface area (Å²) in [7, 11) is 1.59. The molecule has 1 aromatic carbocycles. The maximum atomic E-state index is 10.3. The Labute approximate surface area is 60.1 Å². The van der Waals surface area contributed by atoms with Crippen LogP contribution in [0.1, 0.15) is 5.56 Å². The molecular weight excluding hydrogens is 128 g/mol. The number of ether oxygens (including phenoxy) is 1. The maximum Gasteiger partial charge on any atom is 0.119 e. The Hall–Kier alpha value is -1.02. The molecule has 0 atom stereocenters. The number of methoxy groups -OCH3 is 1. The van der Waals surface area contributed by atoms with Crippen LogP contribution in [-0.2, 0) is 6.61 Å². The number of hydrogen-bond donors (Lipinski definition) is 0. The minimum Gasteiger partial charge on any atom is -0.851 e. The molecule has 2 heteroatoms. The van der Waals surface area contributed by atoms with E-state index in [4.69, 9.17) is 4.74 Å². The molecule has 0 saturated heterocycles. The number of rotatable bonds is 2. The van der Waals surface area contributed by atoms with Crippen LogP contribution in [0.5, 0.6) is 5.75 Å². The first-order valence-corrected chi connectivity index (χ1v) is 3.08. The normalized spacial score (nSPS) is 9.40. The zero-order valence-corrected chi connectivity index (χ0v) is 5.83. The molecule has 1 rings (SSSR count). The van der Waals surface area contributed by atoms with E-state index in [1.54, 1.807) is 19.2 Å². The first kappa shape index (κ1) is 7.09. The smallest absolute Gasteiger partial charge is 0.119 e. The van der Waals surface area contributed by atoms with Gasteiger partial charge in [0.25, 0.3) is 0 Å². The van der Waals surface area contributed by atoms with Crippen LogP contribution < -0.4 is 9.84 Å². The molecule has 0 radical (unpaired) electrons. The van der Waals surface area contributed by atoms with Crippen LogP contribution in [-0.4, -0.2) is 7.11 Å². The van der Waals surface area contributed by atoms with Crippen molar-refractivity contribution in [1.82, 2.24) is 0 Å². The van der Waals surface area contributed by atoms with Crippen LogP contribution in [0.15, 0.2) is 24.3 Å². The molecule has 54 valence electrons. The van der Waals surface area contributed by atoms with Crippen LogP contribution in [0.2, 0.25) is 0 Å². The lowest BCUT2D eigenvalue weighted by Crippen LogP contribution is -2.01. The minimum atomic E-state index is -0.183. The summed E-state index contributed by atoms with van der Waals surface area (Å²) in [4.78, 5) is 0. The highest BCUT2D eigenvalue weighted by molar-refractivity contribution is 5.27. The Morgan fingerprint density at radius 3 is 2.90 bits per heavy atom. The number of hydrogen-bond acceptors (Lipinski definition) is 2. The van der Waals surface area contributed by atoms with Crippen LogP contribution in [0.4, 0.5) is 0 Å². The molecule has 0 amide bonds. The van der Waals surface area contributed by atoms with E-state index in [0.717, 1.165) is 11.3 Å². The van der Waals surface area contributed by atoms with Gasteiger partial charge in [-0.3, -0.25) is 0 Å². The molecule has 0 saturated carbocycles. The lowest BCUT2D eigenvalue weighted by Gasteiger charge is -2.05. The van der Waals surface area contributed by atoms with Gasteiger partial charge in [-0.25, -0.2) is 0 Å². The molecule has 2 nitrogen and oxygen atoms in total. The molecular formula is C8H9O2-. The average Bonchev–Trinajstić information content (AvgIpc) is 2.05. The minimum absolute atomic E-state index is 0.183. The summed E-state index contributed by atoms with van der Waals surface area (Å²) in [5.41, 5.74) is 0.763. The van der Waals surface area contributed by atoms with Crippen molar-refractivity contribution in [2.45, 2.75) is 6.61 Å². The molecule has 10 heavy (non-hydrogen) atoms. The van der Waals surface area contributed by atoms with Crippen LogP contribution in [0.25, 0.3) is 0 Å². The van der Waals surface area contributed by atoms with E-state index in [0.29, 0.717) is 0 Å². The fourth-order valence-electron chi connectivity index (χ4n) is 0.762. The monoisotopic (exact) mass is 137 g/mol. The molecule has 0 unspecified atom stereocenters. The summed E-state index contributed by atoms with van der Waals surface area (Å²) in [6.07, 6.45) is 0. The SMILES string of the molecule is COc1cccc(C[O-])c1. The lowest BCUT2D eigenvalue weighted by molar-refractivity contribution is -0.386. The van der Waals surface area contributed by atoms with Crippen molar-refractivity contribution in [1.29, 1.82) is 0 Å². The van der Waals surface area contributed by atoms with Crippen molar-refractivity contribution in [3.63, 3.8) is 0 Å². The summed E-state index contributed by atoms with van der Waals surface area (Å²) in [5, 5.41) is 10.3. The lowest BCUT2D eigenvalue weighted by atomic mass is 10.2. The van der Waals surface area contributed by atoms with E-state index in [9.17, 15) is 5.11 Å². The van der Waals surface area contributed by atoms with Crippen molar-refractivity contribution in [3.8, 4) is 5.75 Å². The van der Waals surface area contributed by atoms with Gasteiger partial charge in [0.05, 0.1) is 7.11 Å². The zero-order chi connectivity index (χ0) is 7.40. The van der Waals surface area contributed by atoms with Gasteiger partial charge in [0.2, 0.25) is 0 Å². The average molecular weight is 137 g/mol. The Morgan fingerprint density at radius 1 is 1.50 bits per heavy atom. The third-order valence-electron chi connectivity index (χ3n) is 1.30. The van der Waals surface area contributed by atoms with E-state index in [2.05, 4.69) is 0 Å². The second-order valence-corrected chi connectivity index (χ2v) is 2.00. The first-order valence-electron chi connectivity index (χ1n) is 3.08. The van der Waals surface area contributed by atoms with Gasteiger partial charge in [-0.15, -0.1) is 6.61 Å². The largest absolute Gasteiger partial charge is 0.851 e. The highest BCUT2D eigenvalue weighted by atomic mass is 16.5. The zero-order valence-electron chi connectivity index (χ0n) is 5.83. The molecule has 0 heterocycles. The molecule has 0 aromatic heterocycles. The van der Waals surface area contributed by atoms with Crippen LogP contribution >= 0.6 is 0 Å². The fourth-order valence-corrected chi connectivity index (χ4v) is 0.762. The van der Waals surface area contributed by atoms with Gasteiger partial charge in [0, 0.05) is 0 Å². The molecule has 0 aliphatic carbocycles. The molecule has 0 fully saturated rings. The van der Waals surface area contributed by atoms with Gasteiger partial charge >= 0.3 is 0 Å². The summed E-state index contributed by atoms with van der Waals surface area (Å²) in [6, 6.07) is 7.16. The predicted molar refractivity (Wildman–Crippen MR) is 36.7 cm³/mol. The van der Waals surface area contributed by atoms with E-state index < -0.39 is 0 Å². The summed E-state index contributed by atoms with van der Waals surface area (Å²) in [5.74, 6) is 0.744. The van der Waals surface area contributed by atoms with Gasteiger partial charge in [-0.1, -0.05) is 17.7 Å².